The van der Waals surface area contributed by atoms with E-state index in [0.29, 0.717) is 12.3 Å². The van der Waals surface area contributed by atoms with E-state index < -0.39 is 0 Å². The first kappa shape index (κ1) is 15.7. The monoisotopic (exact) mass is 325 g/mol. The lowest BCUT2D eigenvalue weighted by Gasteiger charge is -2.29. The van der Waals surface area contributed by atoms with E-state index in [1.165, 1.54) is 22.2 Å². The van der Waals surface area contributed by atoms with Gasteiger partial charge in [-0.15, -0.1) is 0 Å². The van der Waals surface area contributed by atoms with E-state index in [0.717, 1.165) is 45.2 Å². The molecule has 1 unspecified atom stereocenters. The van der Waals surface area contributed by atoms with Gasteiger partial charge in [-0.25, -0.2) is 0 Å². The SMILES string of the molecule is CN1CCC(CC(=O)NC2CCCc3c2[nH]c2ccccc32)CC1. The van der Waals surface area contributed by atoms with Crippen molar-refractivity contribution in [2.45, 2.75) is 44.6 Å². The Hall–Kier alpha value is -1.81. The summed E-state index contributed by atoms with van der Waals surface area (Å²) in [5.74, 6) is 0.771. The van der Waals surface area contributed by atoms with Gasteiger partial charge in [-0.3, -0.25) is 4.79 Å². The topological polar surface area (TPSA) is 48.1 Å². The molecule has 0 radical (unpaired) electrons. The molecule has 4 nitrogen and oxygen atoms in total. The van der Waals surface area contributed by atoms with E-state index in [9.17, 15) is 4.79 Å². The zero-order valence-electron chi connectivity index (χ0n) is 14.5. The average Bonchev–Trinajstić information content (AvgIpc) is 2.97. The summed E-state index contributed by atoms with van der Waals surface area (Å²) in [6.45, 7) is 2.24. The Bertz CT molecular complexity index is 728. The minimum absolute atomic E-state index is 0.153. The smallest absolute Gasteiger partial charge is 0.220 e. The van der Waals surface area contributed by atoms with Crippen molar-refractivity contribution in [1.82, 2.24) is 15.2 Å². The predicted molar refractivity (Wildman–Crippen MR) is 97.0 cm³/mol. The van der Waals surface area contributed by atoms with Gasteiger partial charge in [0.15, 0.2) is 0 Å². The summed E-state index contributed by atoms with van der Waals surface area (Å²) in [5, 5.41) is 4.63. The van der Waals surface area contributed by atoms with Gasteiger partial charge < -0.3 is 15.2 Å². The summed E-state index contributed by atoms with van der Waals surface area (Å²) in [7, 11) is 2.16. The Morgan fingerprint density at radius 1 is 1.25 bits per heavy atom. The van der Waals surface area contributed by atoms with Gasteiger partial charge in [-0.2, -0.15) is 0 Å². The van der Waals surface area contributed by atoms with Crippen LogP contribution in [-0.4, -0.2) is 35.9 Å². The lowest BCUT2D eigenvalue weighted by molar-refractivity contribution is -0.123. The highest BCUT2D eigenvalue weighted by atomic mass is 16.1. The maximum atomic E-state index is 12.5. The normalized spacial score (nSPS) is 22.5. The van der Waals surface area contributed by atoms with E-state index in [2.05, 4.69) is 46.5 Å². The molecule has 1 aliphatic carbocycles. The van der Waals surface area contributed by atoms with Gasteiger partial charge in [-0.1, -0.05) is 18.2 Å². The number of nitrogens with zero attached hydrogens (tertiary/aromatic N) is 1. The number of piperidine rings is 1. The van der Waals surface area contributed by atoms with Crippen molar-refractivity contribution in [3.63, 3.8) is 0 Å². The number of likely N-dealkylation sites (tertiary alicyclic amines) is 1. The first-order chi connectivity index (χ1) is 11.7. The number of hydrogen-bond acceptors (Lipinski definition) is 2. The Morgan fingerprint density at radius 3 is 2.88 bits per heavy atom. The van der Waals surface area contributed by atoms with Crippen molar-refractivity contribution in [2.24, 2.45) is 5.92 Å². The fraction of sp³-hybridized carbons (Fsp3) is 0.550. The Balaban J connectivity index is 1.45. The Kier molecular flexibility index (Phi) is 4.31. The van der Waals surface area contributed by atoms with E-state index in [1.54, 1.807) is 0 Å². The molecule has 4 heteroatoms. The van der Waals surface area contributed by atoms with E-state index in [-0.39, 0.29) is 11.9 Å². The van der Waals surface area contributed by atoms with Crippen LogP contribution in [0.3, 0.4) is 0 Å². The minimum atomic E-state index is 0.153. The molecular formula is C20H27N3O. The number of carbonyl (C=O) groups excluding carboxylic acids is 1. The van der Waals surface area contributed by atoms with Crippen LogP contribution >= 0.6 is 0 Å². The van der Waals surface area contributed by atoms with Gasteiger partial charge >= 0.3 is 0 Å². The van der Waals surface area contributed by atoms with Crippen molar-refractivity contribution in [3.05, 3.63) is 35.5 Å². The number of para-hydroxylation sites is 1. The largest absolute Gasteiger partial charge is 0.356 e. The molecule has 1 atom stereocenters. The molecule has 0 saturated carbocycles. The average molecular weight is 325 g/mol. The molecule has 2 heterocycles. The van der Waals surface area contributed by atoms with Gasteiger partial charge in [-0.05, 0) is 69.8 Å². The molecule has 128 valence electrons. The molecule has 1 saturated heterocycles. The second-order valence-corrected chi connectivity index (χ2v) is 7.53. The van der Waals surface area contributed by atoms with Crippen LogP contribution in [0.2, 0.25) is 0 Å². The highest BCUT2D eigenvalue weighted by Gasteiger charge is 2.26. The Labute approximate surface area is 143 Å². The first-order valence-electron chi connectivity index (χ1n) is 9.28. The molecule has 1 aliphatic heterocycles. The fourth-order valence-electron chi connectivity index (χ4n) is 4.34. The van der Waals surface area contributed by atoms with E-state index in [4.69, 9.17) is 0 Å². The van der Waals surface area contributed by atoms with Crippen LogP contribution < -0.4 is 5.32 Å². The van der Waals surface area contributed by atoms with Gasteiger partial charge in [0.25, 0.3) is 0 Å². The molecule has 1 amide bonds. The molecule has 24 heavy (non-hydrogen) atoms. The van der Waals surface area contributed by atoms with Crippen LogP contribution in [-0.2, 0) is 11.2 Å². The highest BCUT2D eigenvalue weighted by Crippen LogP contribution is 2.34. The molecule has 2 N–H and O–H groups in total. The number of rotatable bonds is 3. The number of carbonyl (C=O) groups is 1. The molecule has 2 aromatic rings. The van der Waals surface area contributed by atoms with Crippen molar-refractivity contribution < 1.29 is 4.79 Å². The number of fused-ring (bicyclic) bond motifs is 3. The number of hydrogen-bond donors (Lipinski definition) is 2. The quantitative estimate of drug-likeness (QED) is 0.909. The number of nitrogens with one attached hydrogen (secondary N) is 2. The van der Waals surface area contributed by atoms with Crippen LogP contribution in [0, 0.1) is 5.92 Å². The molecule has 0 spiro atoms. The zero-order chi connectivity index (χ0) is 16.5. The van der Waals surface area contributed by atoms with Gasteiger partial charge in [0.05, 0.1) is 6.04 Å². The predicted octanol–water partition coefficient (Wildman–Crippen LogP) is 3.39. The van der Waals surface area contributed by atoms with Crippen LogP contribution in [0.25, 0.3) is 10.9 Å². The Morgan fingerprint density at radius 2 is 2.04 bits per heavy atom. The summed E-state index contributed by atoms with van der Waals surface area (Å²) in [5.41, 5.74) is 3.83. The van der Waals surface area contributed by atoms with Crippen molar-refractivity contribution in [3.8, 4) is 0 Å². The lowest BCUT2D eigenvalue weighted by atomic mass is 9.90. The van der Waals surface area contributed by atoms with Crippen molar-refractivity contribution in [2.75, 3.05) is 20.1 Å². The summed E-state index contributed by atoms with van der Waals surface area (Å²) in [4.78, 5) is 18.5. The summed E-state index contributed by atoms with van der Waals surface area (Å²) < 4.78 is 0. The summed E-state index contributed by atoms with van der Waals surface area (Å²) >= 11 is 0. The number of aromatic nitrogens is 1. The van der Waals surface area contributed by atoms with Crippen LogP contribution in [0.15, 0.2) is 24.3 Å². The molecular weight excluding hydrogens is 298 g/mol. The second kappa shape index (κ2) is 6.60. The summed E-state index contributed by atoms with van der Waals surface area (Å²) in [6, 6.07) is 8.63. The number of benzene rings is 1. The van der Waals surface area contributed by atoms with Crippen LogP contribution in [0.5, 0.6) is 0 Å². The zero-order valence-corrected chi connectivity index (χ0v) is 14.5. The third-order valence-electron chi connectivity index (χ3n) is 5.76. The molecule has 0 bridgehead atoms. The molecule has 4 rings (SSSR count). The second-order valence-electron chi connectivity index (χ2n) is 7.53. The van der Waals surface area contributed by atoms with E-state index in [1.807, 2.05) is 0 Å². The first-order valence-corrected chi connectivity index (χ1v) is 9.28. The standard InChI is InChI=1S/C20H27N3O/c1-23-11-9-14(10-12-23)13-19(24)21-18-8-4-6-16-15-5-2-3-7-17(15)22-20(16)18/h2-3,5,7,14,18,22H,4,6,8-13H2,1H3,(H,21,24). The number of aryl methyl sites for hydroxylation is 1. The number of aromatic amines is 1. The number of H-pyrrole nitrogens is 1. The third kappa shape index (κ3) is 3.07. The van der Waals surface area contributed by atoms with Gasteiger partial charge in [0, 0.05) is 23.0 Å². The van der Waals surface area contributed by atoms with Gasteiger partial charge in [0.2, 0.25) is 5.91 Å². The molecule has 2 aliphatic rings. The number of amides is 1. The van der Waals surface area contributed by atoms with Crippen LogP contribution in [0.4, 0.5) is 0 Å². The van der Waals surface area contributed by atoms with Crippen LogP contribution in [0.1, 0.15) is 49.4 Å². The highest BCUT2D eigenvalue weighted by molar-refractivity contribution is 5.85. The van der Waals surface area contributed by atoms with Gasteiger partial charge in [0.1, 0.15) is 0 Å². The van der Waals surface area contributed by atoms with E-state index >= 15 is 0 Å². The fourth-order valence-corrected chi connectivity index (χ4v) is 4.34. The maximum absolute atomic E-state index is 12.5. The lowest BCUT2D eigenvalue weighted by Crippen LogP contribution is -2.35. The van der Waals surface area contributed by atoms with Crippen molar-refractivity contribution >= 4 is 16.8 Å². The molecule has 1 aromatic carbocycles. The summed E-state index contributed by atoms with van der Waals surface area (Å²) in [6.07, 6.45) is 6.27. The van der Waals surface area contributed by atoms with Crippen molar-refractivity contribution in [1.29, 1.82) is 0 Å². The minimum Gasteiger partial charge on any atom is -0.356 e. The molecule has 1 fully saturated rings. The molecule has 1 aromatic heterocycles. The third-order valence-corrected chi connectivity index (χ3v) is 5.76. The maximum Gasteiger partial charge on any atom is 0.220 e.